The van der Waals surface area contributed by atoms with Crippen molar-refractivity contribution < 1.29 is 4.79 Å². The van der Waals surface area contributed by atoms with Crippen LogP contribution < -0.4 is 5.32 Å². The van der Waals surface area contributed by atoms with Crippen LogP contribution in [0.25, 0.3) is 0 Å². The molecule has 1 fully saturated rings. The maximum atomic E-state index is 11.8. The normalized spacial score (nSPS) is 16.4. The van der Waals surface area contributed by atoms with Crippen molar-refractivity contribution in [3.05, 3.63) is 29.8 Å². The Labute approximate surface area is 88.1 Å². The van der Waals surface area contributed by atoms with E-state index in [0.717, 1.165) is 18.7 Å². The third-order valence-electron chi connectivity index (χ3n) is 2.53. The van der Waals surface area contributed by atoms with Gasteiger partial charge < -0.3 is 5.32 Å². The van der Waals surface area contributed by atoms with Crippen LogP contribution in [0.3, 0.4) is 0 Å². The van der Waals surface area contributed by atoms with E-state index in [2.05, 4.69) is 5.32 Å². The van der Waals surface area contributed by atoms with Crippen molar-refractivity contribution in [2.24, 2.45) is 5.92 Å². The Morgan fingerprint density at radius 1 is 1.36 bits per heavy atom. The lowest BCUT2D eigenvalue weighted by molar-refractivity contribution is 0.0878. The molecule has 0 radical (unpaired) electrons. The van der Waals surface area contributed by atoms with Crippen molar-refractivity contribution in [2.45, 2.75) is 4.90 Å². The Balaban J connectivity index is 2.11. The first-order chi connectivity index (χ1) is 6.81. The van der Waals surface area contributed by atoms with Gasteiger partial charge in [0.25, 0.3) is 0 Å². The second-order valence-corrected chi connectivity index (χ2v) is 4.33. The highest BCUT2D eigenvalue weighted by molar-refractivity contribution is 7.98. The molecule has 2 nitrogen and oxygen atoms in total. The average molecular weight is 207 g/mol. The van der Waals surface area contributed by atoms with E-state index >= 15 is 0 Å². The molecular formula is C11H13NOS. The number of Topliss-reactive ketones (excluding diaryl/α,β-unsaturated/α-hetero) is 1. The first-order valence-corrected chi connectivity index (χ1v) is 5.92. The molecule has 3 heteroatoms. The van der Waals surface area contributed by atoms with Gasteiger partial charge >= 0.3 is 0 Å². The lowest BCUT2D eigenvalue weighted by Gasteiger charge is -2.25. The third-order valence-corrected chi connectivity index (χ3v) is 3.27. The standard InChI is InChI=1S/C11H13NOS/c1-14-10-4-2-8(3-5-10)11(13)9-6-12-7-9/h2-5,9,12H,6-7H2,1H3. The van der Waals surface area contributed by atoms with E-state index < -0.39 is 0 Å². The molecule has 0 amide bonds. The largest absolute Gasteiger partial charge is 0.315 e. The van der Waals surface area contributed by atoms with Gasteiger partial charge in [-0.25, -0.2) is 0 Å². The van der Waals surface area contributed by atoms with Gasteiger partial charge in [0.1, 0.15) is 0 Å². The van der Waals surface area contributed by atoms with Crippen LogP contribution in [0, 0.1) is 5.92 Å². The maximum Gasteiger partial charge on any atom is 0.168 e. The second kappa shape index (κ2) is 4.15. The zero-order valence-corrected chi connectivity index (χ0v) is 8.93. The minimum Gasteiger partial charge on any atom is -0.315 e. The molecule has 2 rings (SSSR count). The SMILES string of the molecule is CSc1ccc(C(=O)C2CNC2)cc1. The fourth-order valence-electron chi connectivity index (χ4n) is 1.47. The van der Waals surface area contributed by atoms with Gasteiger partial charge in [0, 0.05) is 29.5 Å². The summed E-state index contributed by atoms with van der Waals surface area (Å²) >= 11 is 1.69. The molecule has 0 unspecified atom stereocenters. The number of carbonyl (C=O) groups is 1. The van der Waals surface area contributed by atoms with Crippen molar-refractivity contribution in [3.8, 4) is 0 Å². The monoisotopic (exact) mass is 207 g/mol. The highest BCUT2D eigenvalue weighted by atomic mass is 32.2. The van der Waals surface area contributed by atoms with Crippen LogP contribution in [0.2, 0.25) is 0 Å². The molecule has 1 heterocycles. The molecule has 14 heavy (non-hydrogen) atoms. The van der Waals surface area contributed by atoms with Crippen LogP contribution in [0.1, 0.15) is 10.4 Å². The second-order valence-electron chi connectivity index (χ2n) is 3.45. The number of thioether (sulfide) groups is 1. The Morgan fingerprint density at radius 3 is 2.43 bits per heavy atom. The van der Waals surface area contributed by atoms with Crippen LogP contribution in [-0.2, 0) is 0 Å². The summed E-state index contributed by atoms with van der Waals surface area (Å²) in [4.78, 5) is 13.0. The summed E-state index contributed by atoms with van der Waals surface area (Å²) in [6.45, 7) is 1.67. The molecular weight excluding hydrogens is 194 g/mol. The van der Waals surface area contributed by atoms with Crippen LogP contribution in [0.5, 0.6) is 0 Å². The zero-order valence-electron chi connectivity index (χ0n) is 8.12. The number of nitrogens with one attached hydrogen (secondary N) is 1. The zero-order chi connectivity index (χ0) is 9.97. The van der Waals surface area contributed by atoms with Gasteiger partial charge in [-0.3, -0.25) is 4.79 Å². The quantitative estimate of drug-likeness (QED) is 0.605. The van der Waals surface area contributed by atoms with Crippen LogP contribution >= 0.6 is 11.8 Å². The van der Waals surface area contributed by atoms with E-state index in [0.29, 0.717) is 0 Å². The summed E-state index contributed by atoms with van der Waals surface area (Å²) in [7, 11) is 0. The van der Waals surface area contributed by atoms with Crippen molar-refractivity contribution in [2.75, 3.05) is 19.3 Å². The molecule has 0 bridgehead atoms. The topological polar surface area (TPSA) is 29.1 Å². The first kappa shape index (κ1) is 9.74. The lowest BCUT2D eigenvalue weighted by atomic mass is 9.93. The van der Waals surface area contributed by atoms with Crippen molar-refractivity contribution >= 4 is 17.5 Å². The van der Waals surface area contributed by atoms with E-state index in [9.17, 15) is 4.79 Å². The number of hydrogen-bond donors (Lipinski definition) is 1. The molecule has 1 saturated heterocycles. The third kappa shape index (κ3) is 1.83. The van der Waals surface area contributed by atoms with Crippen LogP contribution in [-0.4, -0.2) is 25.1 Å². The maximum absolute atomic E-state index is 11.8. The molecule has 1 N–H and O–H groups in total. The number of benzene rings is 1. The summed E-state index contributed by atoms with van der Waals surface area (Å²) in [6.07, 6.45) is 2.03. The molecule has 1 aromatic rings. The summed E-state index contributed by atoms with van der Waals surface area (Å²) in [5.41, 5.74) is 0.842. The van der Waals surface area contributed by atoms with Gasteiger partial charge in [0.2, 0.25) is 0 Å². The van der Waals surface area contributed by atoms with E-state index in [4.69, 9.17) is 0 Å². The van der Waals surface area contributed by atoms with Gasteiger partial charge in [-0.1, -0.05) is 12.1 Å². The minimum absolute atomic E-state index is 0.204. The highest BCUT2D eigenvalue weighted by Crippen LogP contribution is 2.18. The van der Waals surface area contributed by atoms with Gasteiger partial charge in [0.05, 0.1) is 0 Å². The van der Waals surface area contributed by atoms with E-state index in [1.165, 1.54) is 4.90 Å². The number of hydrogen-bond acceptors (Lipinski definition) is 3. The Morgan fingerprint density at radius 2 is 2.00 bits per heavy atom. The molecule has 74 valence electrons. The molecule has 1 aromatic carbocycles. The van der Waals surface area contributed by atoms with Gasteiger partial charge in [-0.05, 0) is 18.4 Å². The average Bonchev–Trinajstić information content (AvgIpc) is 2.15. The molecule has 0 aliphatic carbocycles. The van der Waals surface area contributed by atoms with E-state index in [1.54, 1.807) is 11.8 Å². The minimum atomic E-state index is 0.204. The Bertz CT molecular complexity index is 330. The van der Waals surface area contributed by atoms with Crippen LogP contribution in [0.4, 0.5) is 0 Å². The Kier molecular flexibility index (Phi) is 2.89. The summed E-state index contributed by atoms with van der Waals surface area (Å²) < 4.78 is 0. The first-order valence-electron chi connectivity index (χ1n) is 4.70. The predicted molar refractivity (Wildman–Crippen MR) is 58.9 cm³/mol. The predicted octanol–water partition coefficient (Wildman–Crippen LogP) is 1.81. The molecule has 1 aliphatic heterocycles. The van der Waals surface area contributed by atoms with E-state index in [1.807, 2.05) is 30.5 Å². The lowest BCUT2D eigenvalue weighted by Crippen LogP contribution is -2.46. The summed E-state index contributed by atoms with van der Waals surface area (Å²) in [6, 6.07) is 7.85. The Hall–Kier alpha value is -0.800. The van der Waals surface area contributed by atoms with Crippen molar-refractivity contribution in [1.82, 2.24) is 5.32 Å². The summed E-state index contributed by atoms with van der Waals surface area (Å²) in [5, 5.41) is 3.11. The highest BCUT2D eigenvalue weighted by Gasteiger charge is 2.25. The molecule has 0 atom stereocenters. The number of carbonyl (C=O) groups excluding carboxylic acids is 1. The van der Waals surface area contributed by atoms with Crippen LogP contribution in [0.15, 0.2) is 29.2 Å². The smallest absolute Gasteiger partial charge is 0.168 e. The van der Waals surface area contributed by atoms with Gasteiger partial charge in [-0.15, -0.1) is 11.8 Å². The van der Waals surface area contributed by atoms with Crippen molar-refractivity contribution in [1.29, 1.82) is 0 Å². The summed E-state index contributed by atoms with van der Waals surface area (Å²) in [5.74, 6) is 0.478. The number of ketones is 1. The van der Waals surface area contributed by atoms with E-state index in [-0.39, 0.29) is 11.7 Å². The molecule has 0 spiro atoms. The molecule has 0 saturated carbocycles. The van der Waals surface area contributed by atoms with Gasteiger partial charge in [-0.2, -0.15) is 0 Å². The fourth-order valence-corrected chi connectivity index (χ4v) is 1.87. The molecule has 1 aliphatic rings. The molecule has 0 aromatic heterocycles. The van der Waals surface area contributed by atoms with Crippen molar-refractivity contribution in [3.63, 3.8) is 0 Å². The fraction of sp³-hybridized carbons (Fsp3) is 0.364. The van der Waals surface area contributed by atoms with Gasteiger partial charge in [0.15, 0.2) is 5.78 Å². The number of rotatable bonds is 3.